The summed E-state index contributed by atoms with van der Waals surface area (Å²) in [5, 5.41) is 7.44. The van der Waals surface area contributed by atoms with Gasteiger partial charge in [0.25, 0.3) is 0 Å². The number of allylic oxidation sites excluding steroid dienone is 6. The lowest BCUT2D eigenvalue weighted by atomic mass is 9.74. The van der Waals surface area contributed by atoms with Crippen LogP contribution in [0.25, 0.3) is 82.9 Å². The Morgan fingerprint density at radius 1 is 0.442 bits per heavy atom. The van der Waals surface area contributed by atoms with Crippen LogP contribution in [0.1, 0.15) is 67.9 Å². The second-order valence-electron chi connectivity index (χ2n) is 20.1. The fourth-order valence-electron chi connectivity index (χ4n) is 11.6. The molecule has 0 amide bonds. The van der Waals surface area contributed by atoms with Gasteiger partial charge in [-0.05, 0) is 181 Å². The standard InChI is InChI=1S/C67H49N.C7H10.C2H6/c1-4-5-21-57-45(2)27-28-48-31-33-52(42-61(48)57)50-17-15-20-56(41-50)68(66-26-14-12-23-59(66)53-34-32-49-30-29-47-16-9-10-22-58(47)62(49)44-53)55-38-35-46(36-39-55)51-37-40-65-63(43-51)60-24-11-13-25-64(60)67(65,3)54-18-7-6-8-19-54;1-2-4-6-7-5-3-1;1-2/h4-44H,1H2,2-3H3;1-4H,5-7H2;1-2H3/b21-5-;;. The number of benzene rings is 11. The first kappa shape index (κ1) is 50.1. The summed E-state index contributed by atoms with van der Waals surface area (Å²) in [6, 6.07) is 85.3. The van der Waals surface area contributed by atoms with Crippen molar-refractivity contribution < 1.29 is 0 Å². The predicted octanol–water partition coefficient (Wildman–Crippen LogP) is 21.8. The SMILES string of the molecule is C1=CCCCC=C1.C=C/C=C\c1c(C)ccc2ccc(-c3cccc(N(c4ccc(-c5ccc6c(c5)-c5ccccc5C6(C)c5ccccc5)cc4)c4ccccc4-c4ccc5ccc6ccccc6c5c4)c3)cc12.CC. The smallest absolute Gasteiger partial charge is 0.0540 e. The Labute approximate surface area is 456 Å². The third-order valence-corrected chi connectivity index (χ3v) is 15.6. The van der Waals surface area contributed by atoms with Gasteiger partial charge in [0.05, 0.1) is 5.69 Å². The van der Waals surface area contributed by atoms with Crippen molar-refractivity contribution >= 4 is 55.5 Å². The van der Waals surface area contributed by atoms with E-state index >= 15 is 0 Å². The molecule has 0 aromatic heterocycles. The number of aryl methyl sites for hydroxylation is 1. The lowest BCUT2D eigenvalue weighted by molar-refractivity contribution is 0.714. The summed E-state index contributed by atoms with van der Waals surface area (Å²) in [6.07, 6.45) is 18.5. The second-order valence-corrected chi connectivity index (χ2v) is 20.1. The fraction of sp³-hybridized carbons (Fsp3) is 0.105. The van der Waals surface area contributed by atoms with E-state index in [0.717, 1.165) is 28.2 Å². The minimum absolute atomic E-state index is 0.229. The minimum atomic E-state index is -0.229. The summed E-state index contributed by atoms with van der Waals surface area (Å²) in [5.74, 6) is 0. The average Bonchev–Trinajstić information content (AvgIpc) is 3.84. The molecular formula is C76H65N. The van der Waals surface area contributed by atoms with E-state index in [1.807, 2.05) is 26.0 Å². The molecule has 0 spiro atoms. The van der Waals surface area contributed by atoms with E-state index in [1.165, 1.54) is 113 Å². The van der Waals surface area contributed by atoms with Crippen molar-refractivity contribution in [2.24, 2.45) is 0 Å². The average molecular weight is 992 g/mol. The maximum atomic E-state index is 3.94. The minimum Gasteiger partial charge on any atom is -0.310 e. The molecule has 0 saturated carbocycles. The van der Waals surface area contributed by atoms with E-state index in [9.17, 15) is 0 Å². The quantitative estimate of drug-likeness (QED) is 0.103. The zero-order valence-corrected chi connectivity index (χ0v) is 44.8. The molecular weight excluding hydrogens is 927 g/mol. The van der Waals surface area contributed by atoms with Crippen molar-refractivity contribution in [3.8, 4) is 44.5 Å². The maximum Gasteiger partial charge on any atom is 0.0540 e. The molecule has 0 fully saturated rings. The van der Waals surface area contributed by atoms with Gasteiger partial charge in [-0.2, -0.15) is 0 Å². The molecule has 0 aliphatic heterocycles. The Morgan fingerprint density at radius 3 is 1.82 bits per heavy atom. The lowest BCUT2D eigenvalue weighted by Gasteiger charge is -2.29. The summed E-state index contributed by atoms with van der Waals surface area (Å²) in [6.45, 7) is 12.5. The van der Waals surface area contributed by atoms with Crippen LogP contribution < -0.4 is 4.90 Å². The summed E-state index contributed by atoms with van der Waals surface area (Å²) in [4.78, 5) is 2.43. The number of para-hydroxylation sites is 1. The molecule has 0 N–H and O–H groups in total. The molecule has 1 nitrogen and oxygen atoms in total. The number of rotatable bonds is 9. The van der Waals surface area contributed by atoms with Crippen molar-refractivity contribution in [3.05, 3.63) is 301 Å². The van der Waals surface area contributed by atoms with E-state index < -0.39 is 0 Å². The van der Waals surface area contributed by atoms with E-state index in [0.29, 0.717) is 0 Å². The van der Waals surface area contributed by atoms with Gasteiger partial charge in [-0.3, -0.25) is 0 Å². The third-order valence-electron chi connectivity index (χ3n) is 15.6. The Morgan fingerprint density at radius 2 is 1.03 bits per heavy atom. The Bertz CT molecular complexity index is 4010. The highest BCUT2D eigenvalue weighted by molar-refractivity contribution is 6.09. The summed E-state index contributed by atoms with van der Waals surface area (Å²) >= 11 is 0. The number of nitrogens with zero attached hydrogens (tertiary/aromatic N) is 1. The van der Waals surface area contributed by atoms with Crippen molar-refractivity contribution in [1.29, 1.82) is 0 Å². The molecule has 374 valence electrons. The molecule has 77 heavy (non-hydrogen) atoms. The number of fused-ring (bicyclic) bond motifs is 7. The Balaban J connectivity index is 0.000000645. The Kier molecular flexibility index (Phi) is 14.6. The van der Waals surface area contributed by atoms with Crippen LogP contribution in [0, 0.1) is 6.92 Å². The van der Waals surface area contributed by atoms with Crippen LogP contribution in [0.15, 0.2) is 274 Å². The van der Waals surface area contributed by atoms with Crippen LogP contribution in [0.5, 0.6) is 0 Å². The first-order chi connectivity index (χ1) is 38.0. The largest absolute Gasteiger partial charge is 0.310 e. The number of anilines is 3. The molecule has 1 atom stereocenters. The maximum absolute atomic E-state index is 3.94. The van der Waals surface area contributed by atoms with Gasteiger partial charge < -0.3 is 4.90 Å². The predicted molar refractivity (Wildman–Crippen MR) is 335 cm³/mol. The third kappa shape index (κ3) is 9.78. The molecule has 13 rings (SSSR count). The molecule has 11 aromatic rings. The summed E-state index contributed by atoms with van der Waals surface area (Å²) in [7, 11) is 0. The van der Waals surface area contributed by atoms with Crippen LogP contribution in [-0.4, -0.2) is 0 Å². The zero-order valence-electron chi connectivity index (χ0n) is 44.8. The molecule has 11 aromatic carbocycles. The van der Waals surface area contributed by atoms with E-state index in [-0.39, 0.29) is 5.41 Å². The van der Waals surface area contributed by atoms with E-state index in [4.69, 9.17) is 0 Å². The molecule has 0 saturated heterocycles. The monoisotopic (exact) mass is 992 g/mol. The highest BCUT2D eigenvalue weighted by atomic mass is 15.1. The van der Waals surface area contributed by atoms with Gasteiger partial charge in [0.1, 0.15) is 0 Å². The summed E-state index contributed by atoms with van der Waals surface area (Å²) in [5.41, 5.74) is 19.2. The van der Waals surface area contributed by atoms with Gasteiger partial charge in [0.15, 0.2) is 0 Å². The first-order valence-electron chi connectivity index (χ1n) is 27.4. The van der Waals surface area contributed by atoms with Gasteiger partial charge in [-0.1, -0.05) is 245 Å². The van der Waals surface area contributed by atoms with E-state index in [1.54, 1.807) is 0 Å². The molecule has 2 aliphatic carbocycles. The zero-order chi connectivity index (χ0) is 52.7. The van der Waals surface area contributed by atoms with E-state index in [2.05, 4.69) is 286 Å². The first-order valence-corrected chi connectivity index (χ1v) is 27.4. The lowest BCUT2D eigenvalue weighted by Crippen LogP contribution is -2.22. The van der Waals surface area contributed by atoms with Crippen molar-refractivity contribution in [3.63, 3.8) is 0 Å². The van der Waals surface area contributed by atoms with Gasteiger partial charge in [-0.15, -0.1) is 0 Å². The molecule has 0 heterocycles. The molecule has 0 radical (unpaired) electrons. The Hall–Kier alpha value is -9.04. The molecule has 2 aliphatic rings. The fourth-order valence-corrected chi connectivity index (χ4v) is 11.6. The van der Waals surface area contributed by atoms with Gasteiger partial charge >= 0.3 is 0 Å². The second kappa shape index (κ2) is 22.4. The van der Waals surface area contributed by atoms with Gasteiger partial charge in [0, 0.05) is 22.4 Å². The highest BCUT2D eigenvalue weighted by Gasteiger charge is 2.40. The highest BCUT2D eigenvalue weighted by Crippen LogP contribution is 2.53. The van der Waals surface area contributed by atoms with Crippen molar-refractivity contribution in [2.45, 2.75) is 52.4 Å². The number of hydrogen-bond donors (Lipinski definition) is 0. The van der Waals surface area contributed by atoms with Crippen LogP contribution in [0.3, 0.4) is 0 Å². The van der Waals surface area contributed by atoms with Crippen LogP contribution in [0.2, 0.25) is 0 Å². The van der Waals surface area contributed by atoms with Gasteiger partial charge in [0.2, 0.25) is 0 Å². The molecule has 1 unspecified atom stereocenters. The normalized spacial score (nSPS) is 14.3. The van der Waals surface area contributed by atoms with Crippen molar-refractivity contribution in [1.82, 2.24) is 0 Å². The summed E-state index contributed by atoms with van der Waals surface area (Å²) < 4.78 is 0. The van der Waals surface area contributed by atoms with Gasteiger partial charge in [-0.25, -0.2) is 0 Å². The van der Waals surface area contributed by atoms with Crippen LogP contribution in [-0.2, 0) is 5.41 Å². The topological polar surface area (TPSA) is 3.24 Å². The van der Waals surface area contributed by atoms with Crippen LogP contribution >= 0.6 is 0 Å². The number of hydrogen-bond acceptors (Lipinski definition) is 1. The van der Waals surface area contributed by atoms with Crippen molar-refractivity contribution in [2.75, 3.05) is 4.90 Å². The molecule has 0 bridgehead atoms. The van der Waals surface area contributed by atoms with Crippen LogP contribution in [0.4, 0.5) is 17.1 Å². The molecule has 1 heteroatoms.